The number of rotatable bonds is 5. The Morgan fingerprint density at radius 1 is 0.938 bits per heavy atom. The third-order valence-corrected chi connectivity index (χ3v) is 5.26. The SMILES string of the molecule is CCOC(=O)Oc1ccc(C(=O)N2CCCN(C(=O)c3cc(Cl)ccc3OC)CC2)cc1. The van der Waals surface area contributed by atoms with Crippen LogP contribution in [0.4, 0.5) is 4.79 Å². The van der Waals surface area contributed by atoms with Gasteiger partial charge in [-0.25, -0.2) is 4.79 Å². The first-order chi connectivity index (χ1) is 15.4. The summed E-state index contributed by atoms with van der Waals surface area (Å²) in [4.78, 5) is 40.8. The molecule has 0 aliphatic carbocycles. The van der Waals surface area contributed by atoms with Crippen LogP contribution in [0.3, 0.4) is 0 Å². The van der Waals surface area contributed by atoms with Gasteiger partial charge < -0.3 is 24.0 Å². The van der Waals surface area contributed by atoms with E-state index in [9.17, 15) is 14.4 Å². The maximum Gasteiger partial charge on any atom is 0.513 e. The van der Waals surface area contributed by atoms with Gasteiger partial charge in [-0.1, -0.05) is 11.6 Å². The van der Waals surface area contributed by atoms with Crippen molar-refractivity contribution in [3.05, 3.63) is 58.6 Å². The summed E-state index contributed by atoms with van der Waals surface area (Å²) in [5, 5.41) is 0.455. The average molecular weight is 461 g/mol. The van der Waals surface area contributed by atoms with Crippen molar-refractivity contribution in [1.29, 1.82) is 0 Å². The van der Waals surface area contributed by atoms with Gasteiger partial charge in [0.05, 0.1) is 19.3 Å². The van der Waals surface area contributed by atoms with Crippen LogP contribution in [-0.2, 0) is 4.74 Å². The summed E-state index contributed by atoms with van der Waals surface area (Å²) in [5.74, 6) is 0.422. The second-order valence-electron chi connectivity index (χ2n) is 7.09. The number of benzene rings is 2. The molecule has 0 radical (unpaired) electrons. The van der Waals surface area contributed by atoms with Gasteiger partial charge in [-0.2, -0.15) is 0 Å². The number of methoxy groups -OCH3 is 1. The van der Waals surface area contributed by atoms with E-state index >= 15 is 0 Å². The summed E-state index contributed by atoms with van der Waals surface area (Å²) in [6, 6.07) is 11.2. The van der Waals surface area contributed by atoms with Crippen molar-refractivity contribution in [3.8, 4) is 11.5 Å². The summed E-state index contributed by atoms with van der Waals surface area (Å²) in [6.07, 6.45) is -0.148. The molecule has 8 nitrogen and oxygen atoms in total. The Bertz CT molecular complexity index is 979. The number of halogens is 1. The van der Waals surface area contributed by atoms with E-state index in [1.54, 1.807) is 59.2 Å². The molecule has 9 heteroatoms. The molecule has 1 aliphatic heterocycles. The van der Waals surface area contributed by atoms with Crippen LogP contribution in [0.15, 0.2) is 42.5 Å². The van der Waals surface area contributed by atoms with Gasteiger partial charge in [0.15, 0.2) is 0 Å². The van der Waals surface area contributed by atoms with Gasteiger partial charge >= 0.3 is 6.16 Å². The minimum atomic E-state index is -0.791. The lowest BCUT2D eigenvalue weighted by atomic mass is 10.1. The molecule has 32 heavy (non-hydrogen) atoms. The van der Waals surface area contributed by atoms with Crippen LogP contribution >= 0.6 is 11.6 Å². The van der Waals surface area contributed by atoms with E-state index in [-0.39, 0.29) is 18.4 Å². The lowest BCUT2D eigenvalue weighted by molar-refractivity contribution is 0.0717. The molecule has 0 unspecified atom stereocenters. The van der Waals surface area contributed by atoms with Crippen LogP contribution in [0.5, 0.6) is 11.5 Å². The van der Waals surface area contributed by atoms with E-state index in [0.717, 1.165) is 0 Å². The molecule has 2 aromatic carbocycles. The molecular formula is C23H25ClN2O6. The Balaban J connectivity index is 1.63. The summed E-state index contributed by atoms with van der Waals surface area (Å²) in [7, 11) is 1.51. The second-order valence-corrected chi connectivity index (χ2v) is 7.53. The fourth-order valence-corrected chi connectivity index (χ4v) is 3.61. The van der Waals surface area contributed by atoms with Crippen molar-refractivity contribution in [2.45, 2.75) is 13.3 Å². The molecule has 1 heterocycles. The molecule has 0 saturated carbocycles. The monoisotopic (exact) mass is 460 g/mol. The highest BCUT2D eigenvalue weighted by Gasteiger charge is 2.25. The molecule has 0 bridgehead atoms. The smallest absolute Gasteiger partial charge is 0.496 e. The molecule has 1 saturated heterocycles. The van der Waals surface area contributed by atoms with Crippen molar-refractivity contribution >= 4 is 29.6 Å². The van der Waals surface area contributed by atoms with Gasteiger partial charge in [0, 0.05) is 36.8 Å². The fraction of sp³-hybridized carbons (Fsp3) is 0.348. The van der Waals surface area contributed by atoms with Crippen molar-refractivity contribution in [2.24, 2.45) is 0 Å². The van der Waals surface area contributed by atoms with Crippen LogP contribution in [0.1, 0.15) is 34.1 Å². The largest absolute Gasteiger partial charge is 0.513 e. The lowest BCUT2D eigenvalue weighted by Gasteiger charge is -2.23. The van der Waals surface area contributed by atoms with Gasteiger partial charge in [0.2, 0.25) is 0 Å². The van der Waals surface area contributed by atoms with Crippen LogP contribution in [0.25, 0.3) is 0 Å². The normalized spacial score (nSPS) is 13.8. The Morgan fingerprint density at radius 2 is 1.59 bits per heavy atom. The third kappa shape index (κ3) is 5.70. The van der Waals surface area contributed by atoms with Gasteiger partial charge in [-0.3, -0.25) is 9.59 Å². The van der Waals surface area contributed by atoms with E-state index in [1.807, 2.05) is 0 Å². The van der Waals surface area contributed by atoms with Crippen molar-refractivity contribution in [1.82, 2.24) is 9.80 Å². The predicted octanol–water partition coefficient (Wildman–Crippen LogP) is 3.87. The molecule has 1 aliphatic rings. The molecule has 0 spiro atoms. The second kappa shape index (κ2) is 10.9. The van der Waals surface area contributed by atoms with Crippen LogP contribution < -0.4 is 9.47 Å². The van der Waals surface area contributed by atoms with E-state index in [4.69, 9.17) is 25.8 Å². The third-order valence-electron chi connectivity index (χ3n) is 5.03. The first-order valence-corrected chi connectivity index (χ1v) is 10.7. The molecule has 0 atom stereocenters. The van der Waals surface area contributed by atoms with Gasteiger partial charge in [-0.05, 0) is 55.8 Å². The molecule has 2 amide bonds. The van der Waals surface area contributed by atoms with Crippen molar-refractivity contribution < 1.29 is 28.6 Å². The Hall–Kier alpha value is -3.26. The molecule has 2 aromatic rings. The Morgan fingerprint density at radius 3 is 2.22 bits per heavy atom. The number of nitrogens with zero attached hydrogens (tertiary/aromatic N) is 2. The highest BCUT2D eigenvalue weighted by Crippen LogP contribution is 2.25. The summed E-state index contributed by atoms with van der Waals surface area (Å²) >= 11 is 6.06. The number of carbonyl (C=O) groups is 3. The zero-order chi connectivity index (χ0) is 23.1. The van der Waals surface area contributed by atoms with Gasteiger partial charge in [-0.15, -0.1) is 0 Å². The zero-order valence-corrected chi connectivity index (χ0v) is 18.8. The molecule has 0 N–H and O–H groups in total. The topological polar surface area (TPSA) is 85.4 Å². The zero-order valence-electron chi connectivity index (χ0n) is 18.0. The van der Waals surface area contributed by atoms with Gasteiger partial charge in [0.1, 0.15) is 11.5 Å². The molecule has 1 fully saturated rings. The first kappa shape index (κ1) is 23.4. The minimum absolute atomic E-state index is 0.151. The lowest BCUT2D eigenvalue weighted by Crippen LogP contribution is -2.37. The van der Waals surface area contributed by atoms with Crippen molar-refractivity contribution in [3.63, 3.8) is 0 Å². The van der Waals surface area contributed by atoms with Crippen LogP contribution in [0.2, 0.25) is 5.02 Å². The molecule has 170 valence electrons. The van der Waals surface area contributed by atoms with E-state index in [1.165, 1.54) is 7.11 Å². The molecule has 3 rings (SSSR count). The molecule has 0 aromatic heterocycles. The van der Waals surface area contributed by atoms with E-state index in [0.29, 0.717) is 60.2 Å². The summed E-state index contributed by atoms with van der Waals surface area (Å²) in [6.45, 7) is 3.73. The van der Waals surface area contributed by atoms with Crippen LogP contribution in [-0.4, -0.2) is 67.7 Å². The maximum absolute atomic E-state index is 13.0. The molecular weight excluding hydrogens is 436 g/mol. The Kier molecular flexibility index (Phi) is 7.94. The Labute approximate surface area is 191 Å². The van der Waals surface area contributed by atoms with E-state index in [2.05, 4.69) is 0 Å². The van der Waals surface area contributed by atoms with Crippen LogP contribution in [0, 0.1) is 0 Å². The highest BCUT2D eigenvalue weighted by molar-refractivity contribution is 6.31. The highest BCUT2D eigenvalue weighted by atomic mass is 35.5. The quantitative estimate of drug-likeness (QED) is 0.497. The average Bonchev–Trinajstić information content (AvgIpc) is 3.05. The number of amides is 2. The standard InChI is InChI=1S/C23H25ClN2O6/c1-3-31-23(29)32-18-8-5-16(6-9-18)21(27)25-11-4-12-26(14-13-25)22(28)19-15-17(24)7-10-20(19)30-2/h5-10,15H,3-4,11-14H2,1-2H3. The maximum atomic E-state index is 13.0. The van der Waals surface area contributed by atoms with Crippen molar-refractivity contribution in [2.75, 3.05) is 39.9 Å². The summed E-state index contributed by atoms with van der Waals surface area (Å²) in [5.41, 5.74) is 0.870. The number of hydrogen-bond acceptors (Lipinski definition) is 6. The first-order valence-electron chi connectivity index (χ1n) is 10.3. The number of hydrogen-bond donors (Lipinski definition) is 0. The van der Waals surface area contributed by atoms with Gasteiger partial charge in [0.25, 0.3) is 11.8 Å². The number of carbonyl (C=O) groups excluding carboxylic acids is 3. The predicted molar refractivity (Wildman–Crippen MR) is 119 cm³/mol. The number of ether oxygens (including phenoxy) is 3. The minimum Gasteiger partial charge on any atom is -0.496 e. The fourth-order valence-electron chi connectivity index (χ4n) is 3.43. The van der Waals surface area contributed by atoms with E-state index < -0.39 is 6.16 Å². The summed E-state index contributed by atoms with van der Waals surface area (Å²) < 4.78 is 15.0.